The Bertz CT molecular complexity index is 3110. The first-order valence-electron chi connectivity index (χ1n) is 33.8. The number of hydrogen-bond acceptors (Lipinski definition) is 20. The zero-order valence-corrected chi connectivity index (χ0v) is 58.1. The molecule has 11 N–H and O–H groups in total. The van der Waals surface area contributed by atoms with E-state index in [2.05, 4.69) is 26.6 Å². The van der Waals surface area contributed by atoms with Crippen LogP contribution in [0.15, 0.2) is 72.4 Å². The van der Waals surface area contributed by atoms with Crippen molar-refractivity contribution in [3.05, 3.63) is 77.9 Å². The number of carboxylic acids is 1. The number of nitrogens with zero attached hydrogens (tertiary/aromatic N) is 3. The van der Waals surface area contributed by atoms with E-state index in [-0.39, 0.29) is 115 Å². The van der Waals surface area contributed by atoms with E-state index in [1.807, 2.05) is 13.8 Å². The van der Waals surface area contributed by atoms with Gasteiger partial charge in [-0.15, -0.1) is 0 Å². The average molecular weight is 1390 g/mol. The number of anilines is 1. The monoisotopic (exact) mass is 1390 g/mol. The number of benzene rings is 1. The lowest BCUT2D eigenvalue weighted by atomic mass is 9.88. The van der Waals surface area contributed by atoms with E-state index in [9.17, 15) is 78.0 Å². The molecule has 5 rings (SSSR count). The van der Waals surface area contributed by atoms with Crippen molar-refractivity contribution in [2.24, 2.45) is 23.5 Å². The molecule has 2 saturated heterocycles. The molecule has 13 atom stereocenters. The van der Waals surface area contributed by atoms with E-state index >= 15 is 0 Å². The highest BCUT2D eigenvalue weighted by molar-refractivity contribution is 6.12. The Morgan fingerprint density at radius 1 is 0.838 bits per heavy atom. The van der Waals surface area contributed by atoms with E-state index in [1.54, 1.807) is 84.1 Å². The third-order valence-electron chi connectivity index (χ3n) is 17.7. The molecule has 30 nitrogen and oxygen atoms in total. The van der Waals surface area contributed by atoms with E-state index in [4.69, 9.17) is 29.4 Å². The van der Waals surface area contributed by atoms with Crippen LogP contribution in [-0.2, 0) is 73.4 Å². The van der Waals surface area contributed by atoms with Crippen molar-refractivity contribution in [1.82, 2.24) is 36.0 Å². The molecule has 4 heterocycles. The van der Waals surface area contributed by atoms with Crippen molar-refractivity contribution in [3.63, 3.8) is 0 Å². The zero-order chi connectivity index (χ0) is 73.3. The van der Waals surface area contributed by atoms with Crippen LogP contribution in [0.2, 0.25) is 0 Å². The summed E-state index contributed by atoms with van der Waals surface area (Å²) in [4.78, 5) is 158. The van der Waals surface area contributed by atoms with Gasteiger partial charge in [0.15, 0.2) is 6.10 Å². The summed E-state index contributed by atoms with van der Waals surface area (Å²) in [5.74, 6) is -7.57. The number of amides is 10. The number of nitrogens with one attached hydrogen (secondary N) is 5. The fraction of sp³-hybridized carbons (Fsp3) is 0.623. The Kier molecular flexibility index (Phi) is 31.5. The predicted molar refractivity (Wildman–Crippen MR) is 358 cm³/mol. The average Bonchev–Trinajstić information content (AvgIpc) is 1.74. The second kappa shape index (κ2) is 38.6. The first-order valence-corrected chi connectivity index (χ1v) is 33.8. The summed E-state index contributed by atoms with van der Waals surface area (Å²) in [5, 5.41) is 55.0. The predicted octanol–water partition coefficient (Wildman–Crippen LogP) is 4.08. The summed E-state index contributed by atoms with van der Waals surface area (Å²) in [6.45, 7) is 15.2. The number of carbonyl (C=O) groups is 12. The Morgan fingerprint density at radius 2 is 1.48 bits per heavy atom. The zero-order valence-electron chi connectivity index (χ0n) is 58.1. The van der Waals surface area contributed by atoms with E-state index < -0.39 is 144 Å². The van der Waals surface area contributed by atoms with Gasteiger partial charge < -0.3 is 86.2 Å². The number of aliphatic hydroxyl groups is 3. The molecule has 0 aromatic heterocycles. The number of ether oxygens (including phenoxy) is 5. The number of carbonyl (C=O) groups excluding carboxylic acids is 11. The molecule has 10 amide bonds. The first-order chi connectivity index (χ1) is 46.7. The highest BCUT2D eigenvalue weighted by Crippen LogP contribution is 2.38. The fourth-order valence-corrected chi connectivity index (χ4v) is 11.7. The molecule has 0 bridgehead atoms. The highest BCUT2D eigenvalue weighted by atomic mass is 16.6. The van der Waals surface area contributed by atoms with Gasteiger partial charge in [-0.3, -0.25) is 48.1 Å². The molecule has 0 aliphatic carbocycles. The van der Waals surface area contributed by atoms with Crippen LogP contribution in [0, 0.1) is 17.8 Å². The maximum Gasteiger partial charge on any atom is 0.410 e. The number of piperazine rings is 1. The number of epoxide rings is 1. The largest absolute Gasteiger partial charge is 0.481 e. The maximum atomic E-state index is 14.0. The molecular formula is C69H101N9O21. The number of unbranched alkanes of at least 4 members (excludes halogenated alkanes) is 2. The quantitative estimate of drug-likeness (QED) is 0.00901. The number of hydrogen-bond donors (Lipinski definition) is 10. The number of cyclic esters (lactones) is 1. The Hall–Kier alpha value is -8.74. The first kappa shape index (κ1) is 80.9. The minimum absolute atomic E-state index is 0.0174. The molecule has 1 aromatic carbocycles. The lowest BCUT2D eigenvalue weighted by Gasteiger charge is -2.38. The fourth-order valence-electron chi connectivity index (χ4n) is 11.7. The van der Waals surface area contributed by atoms with Crippen molar-refractivity contribution in [3.8, 4) is 0 Å². The minimum atomic E-state index is -1.52. The van der Waals surface area contributed by atoms with Crippen LogP contribution in [0.5, 0.6) is 0 Å². The van der Waals surface area contributed by atoms with Gasteiger partial charge in [-0.1, -0.05) is 77.5 Å². The van der Waals surface area contributed by atoms with Crippen molar-refractivity contribution in [1.29, 1.82) is 0 Å². The SMILES string of the molecule is CC[C@H](O)[C@@H](C)[C@H]1O[C@@H]1CC(C)(O)/C=C/C=C(\C)[C@H]1OC(=O)C[C@H](O)CC[C@@](C)(OC(C)=O)[C@@H](OC(=O)N2CCN(C(=O)OCc3ccc(NC(=O)[C@H](CCCNC(N)=O)NC(=O)[C@@H](NC(=O)[C@@H](CCC(=O)O)NC(=O)CCCCCN4C(=O)C=CC4=O)C(C)C)cc3)CC2)/C=C/[C@@H]1C. The molecule has 1 aromatic rings. The Balaban J connectivity index is 1.16. The molecule has 2 fully saturated rings. The van der Waals surface area contributed by atoms with E-state index in [0.29, 0.717) is 43.2 Å². The number of esters is 2. The molecule has 0 spiro atoms. The topological polar surface area (TPSA) is 431 Å². The van der Waals surface area contributed by atoms with Crippen molar-refractivity contribution in [2.45, 2.75) is 218 Å². The van der Waals surface area contributed by atoms with Gasteiger partial charge >= 0.3 is 36.1 Å². The smallest absolute Gasteiger partial charge is 0.410 e. The molecule has 0 radical (unpaired) electrons. The van der Waals surface area contributed by atoms with E-state index in [0.717, 1.165) is 4.90 Å². The number of primary amides is 1. The second-order valence-corrected chi connectivity index (χ2v) is 26.5. The summed E-state index contributed by atoms with van der Waals surface area (Å²) < 4.78 is 29.3. The number of aliphatic hydroxyl groups excluding tert-OH is 2. The third-order valence-corrected chi connectivity index (χ3v) is 17.7. The molecule has 4 aliphatic heterocycles. The van der Waals surface area contributed by atoms with Gasteiger partial charge in [-0.05, 0) is 107 Å². The van der Waals surface area contributed by atoms with Crippen LogP contribution in [-0.4, -0.2) is 212 Å². The maximum absolute atomic E-state index is 14.0. The Labute approximate surface area is 577 Å². The van der Waals surface area contributed by atoms with Crippen LogP contribution < -0.4 is 32.3 Å². The van der Waals surface area contributed by atoms with Gasteiger partial charge in [0.2, 0.25) is 23.6 Å². The third kappa shape index (κ3) is 26.8. The lowest BCUT2D eigenvalue weighted by Crippen LogP contribution is -2.57. The summed E-state index contributed by atoms with van der Waals surface area (Å²) in [7, 11) is 0. The lowest BCUT2D eigenvalue weighted by molar-refractivity contribution is -0.168. The number of aliphatic carboxylic acids is 1. The van der Waals surface area contributed by atoms with Gasteiger partial charge in [0.25, 0.3) is 11.8 Å². The molecular weight excluding hydrogens is 1290 g/mol. The molecule has 1 unspecified atom stereocenters. The number of allylic oxidation sites excluding steroid dienone is 2. The van der Waals surface area contributed by atoms with Crippen LogP contribution in [0.4, 0.5) is 20.1 Å². The summed E-state index contributed by atoms with van der Waals surface area (Å²) >= 11 is 0. The number of carboxylic acid groups (broad SMARTS) is 1. The van der Waals surface area contributed by atoms with E-state index in [1.165, 1.54) is 41.0 Å². The molecule has 0 saturated carbocycles. The van der Waals surface area contributed by atoms with Crippen LogP contribution in [0.1, 0.15) is 151 Å². The number of urea groups is 1. The second-order valence-electron chi connectivity index (χ2n) is 26.5. The molecule has 99 heavy (non-hydrogen) atoms. The minimum Gasteiger partial charge on any atom is -0.481 e. The van der Waals surface area contributed by atoms with Crippen LogP contribution >= 0.6 is 0 Å². The van der Waals surface area contributed by atoms with Gasteiger partial charge in [0.05, 0.1) is 36.4 Å². The molecule has 548 valence electrons. The van der Waals surface area contributed by atoms with Crippen LogP contribution in [0.25, 0.3) is 0 Å². The van der Waals surface area contributed by atoms with Crippen molar-refractivity contribution < 1.29 is 102 Å². The van der Waals surface area contributed by atoms with Gasteiger partial charge in [0, 0.05) is 95.1 Å². The summed E-state index contributed by atoms with van der Waals surface area (Å²) in [6, 6.07) is 1.55. The van der Waals surface area contributed by atoms with Crippen molar-refractivity contribution >= 4 is 77.3 Å². The highest BCUT2D eigenvalue weighted by Gasteiger charge is 2.48. The number of rotatable bonds is 33. The van der Waals surface area contributed by atoms with Gasteiger partial charge in [0.1, 0.15) is 36.4 Å². The number of nitrogens with two attached hydrogens (primary N) is 1. The van der Waals surface area contributed by atoms with Gasteiger partial charge in [-0.2, -0.15) is 0 Å². The van der Waals surface area contributed by atoms with Gasteiger partial charge in [-0.25, -0.2) is 14.4 Å². The van der Waals surface area contributed by atoms with Crippen molar-refractivity contribution in [2.75, 3.05) is 44.6 Å². The number of imide groups is 1. The van der Waals surface area contributed by atoms with Crippen LogP contribution in [0.3, 0.4) is 0 Å². The summed E-state index contributed by atoms with van der Waals surface area (Å²) in [6.07, 6.45) is 5.77. The molecule has 4 aliphatic rings. The Morgan fingerprint density at radius 3 is 2.10 bits per heavy atom. The normalized spacial score (nSPS) is 23.7. The summed E-state index contributed by atoms with van der Waals surface area (Å²) in [5.41, 5.74) is 3.84. The standard InChI is InChI=1S/C69H101N9O21/c1-10-51(81)44(6)61-52(96-61)39-68(8,94)30-14-16-42(4)60-43(5)19-25-53(69(9,99-45(7)79)31-29-48(80)38-58(87)98-60)97-67(93)77-36-34-76(35-37-77)66(92)95-40-46-20-22-47(23-21-46)72-62(88)49(17-15-32-71-65(70)91)74-64(90)59(41(2)3)75-63(89)50(24-28-57(85)86)73-54(82)18-12-11-13-33-78-55(83)26-27-56(78)84/h14,16,19-23,25-27,30,41,43-44,48-53,59-61,80-81,94H,10-13,15,17-18,24,28-29,31-40H2,1-9H3,(H,72,88)(H,73,82)(H,74,90)(H,75,89)(H,85,86)(H3,70,71,91)/b25-19+,30-14+,42-16+/t43-,44+,48+,49-,50+,51-,52+,53-,59-,60+,61+,68?,69+/m0/s1. The molecule has 30 heteroatoms.